The predicted octanol–water partition coefficient (Wildman–Crippen LogP) is 3.13. The Morgan fingerprint density at radius 1 is 0.968 bits per heavy atom. The van der Waals surface area contributed by atoms with E-state index >= 15 is 0 Å². The molecule has 3 rings (SSSR count). The van der Waals surface area contributed by atoms with Gasteiger partial charge in [-0.15, -0.1) is 0 Å². The number of benzene rings is 3. The van der Waals surface area contributed by atoms with E-state index in [1.165, 1.54) is 13.2 Å². The van der Waals surface area contributed by atoms with Crippen molar-refractivity contribution in [1.82, 2.24) is 5.32 Å². The molecule has 1 amide bonds. The Morgan fingerprint density at radius 2 is 1.55 bits per heavy atom. The van der Waals surface area contributed by atoms with Crippen molar-refractivity contribution in [3.8, 4) is 5.75 Å². The van der Waals surface area contributed by atoms with Crippen LogP contribution in [0.1, 0.15) is 16.7 Å². The van der Waals surface area contributed by atoms with Crippen LogP contribution >= 0.6 is 0 Å². The van der Waals surface area contributed by atoms with E-state index in [2.05, 4.69) is 5.32 Å². The first-order chi connectivity index (χ1) is 14.9. The van der Waals surface area contributed by atoms with Crippen LogP contribution in [0, 0.1) is 0 Å². The summed E-state index contributed by atoms with van der Waals surface area (Å²) in [5.74, 6) is -0.0449. The molecule has 31 heavy (non-hydrogen) atoms. The van der Waals surface area contributed by atoms with Crippen molar-refractivity contribution in [3.05, 3.63) is 102 Å². The van der Waals surface area contributed by atoms with Gasteiger partial charge in [-0.2, -0.15) is 0 Å². The van der Waals surface area contributed by atoms with E-state index in [-0.39, 0.29) is 16.6 Å². The number of carbonyl (C=O) groups excluding carboxylic acids is 1. The van der Waals surface area contributed by atoms with Gasteiger partial charge in [-0.05, 0) is 40.8 Å². The average molecular weight is 437 g/mol. The van der Waals surface area contributed by atoms with Crippen molar-refractivity contribution < 1.29 is 17.9 Å². The van der Waals surface area contributed by atoms with Crippen LogP contribution in [0.5, 0.6) is 5.75 Å². The predicted molar refractivity (Wildman–Crippen MR) is 121 cm³/mol. The molecule has 0 aliphatic heterocycles. The number of amides is 1. The zero-order valence-electron chi connectivity index (χ0n) is 17.1. The van der Waals surface area contributed by atoms with E-state index in [4.69, 9.17) is 9.88 Å². The van der Waals surface area contributed by atoms with E-state index in [9.17, 15) is 13.2 Å². The lowest BCUT2D eigenvalue weighted by Crippen LogP contribution is -2.24. The Bertz CT molecular complexity index is 1130. The summed E-state index contributed by atoms with van der Waals surface area (Å²) in [5.41, 5.74) is 3.42. The third-order valence-electron chi connectivity index (χ3n) is 4.69. The first kappa shape index (κ1) is 22.3. The number of nitrogens with one attached hydrogen (secondary N) is 1. The number of methoxy groups -OCH3 is 1. The zero-order valence-corrected chi connectivity index (χ0v) is 17.9. The second-order valence-corrected chi connectivity index (χ2v) is 8.39. The Hall–Kier alpha value is -3.42. The third kappa shape index (κ3) is 6.04. The Morgan fingerprint density at radius 3 is 2.06 bits per heavy atom. The van der Waals surface area contributed by atoms with Gasteiger partial charge in [0.25, 0.3) is 0 Å². The van der Waals surface area contributed by atoms with Crippen molar-refractivity contribution in [1.29, 1.82) is 0 Å². The number of rotatable bonds is 8. The van der Waals surface area contributed by atoms with Crippen LogP contribution in [-0.2, 0) is 21.2 Å². The molecule has 0 aliphatic rings. The summed E-state index contributed by atoms with van der Waals surface area (Å²) in [5, 5.41) is 8.12. The molecule has 3 aromatic carbocycles. The largest absolute Gasteiger partial charge is 0.495 e. The summed E-state index contributed by atoms with van der Waals surface area (Å²) in [6.07, 6.45) is 2.02. The molecule has 0 spiro atoms. The summed E-state index contributed by atoms with van der Waals surface area (Å²) < 4.78 is 28.6. The first-order valence-electron chi connectivity index (χ1n) is 9.68. The molecule has 0 bridgehead atoms. The summed E-state index contributed by atoms with van der Waals surface area (Å²) in [4.78, 5) is 12.5. The number of hydrogen-bond acceptors (Lipinski definition) is 4. The molecule has 0 fully saturated rings. The van der Waals surface area contributed by atoms with Crippen molar-refractivity contribution in [2.75, 3.05) is 13.7 Å². The van der Waals surface area contributed by atoms with Gasteiger partial charge in [-0.1, -0.05) is 66.7 Å². The quantitative estimate of drug-likeness (QED) is 0.530. The summed E-state index contributed by atoms with van der Waals surface area (Å²) in [7, 11) is -2.53. The molecule has 0 aliphatic carbocycles. The van der Waals surface area contributed by atoms with Gasteiger partial charge in [0.05, 0.1) is 7.11 Å². The molecule has 7 heteroatoms. The van der Waals surface area contributed by atoms with Crippen LogP contribution < -0.4 is 15.2 Å². The van der Waals surface area contributed by atoms with Gasteiger partial charge >= 0.3 is 0 Å². The maximum absolute atomic E-state index is 12.6. The number of nitrogens with two attached hydrogens (primary N) is 1. The fraction of sp³-hybridized carbons (Fsp3) is 0.125. The molecule has 0 heterocycles. The minimum Gasteiger partial charge on any atom is -0.495 e. The van der Waals surface area contributed by atoms with Gasteiger partial charge < -0.3 is 10.1 Å². The van der Waals surface area contributed by atoms with Crippen molar-refractivity contribution in [2.24, 2.45) is 5.14 Å². The van der Waals surface area contributed by atoms with Gasteiger partial charge in [0, 0.05) is 12.6 Å². The standard InChI is InChI=1S/C24H24N2O4S/c1-30-22-13-12-18(16-23(22)31(25,28)29)14-15-26-24(27)17-21(19-8-4-2-5-9-19)20-10-6-3-7-11-20/h2-13,16-17H,14-15H2,1H3,(H,26,27)(H2,25,28,29). The van der Waals surface area contributed by atoms with Crippen LogP contribution in [0.2, 0.25) is 0 Å². The lowest BCUT2D eigenvalue weighted by atomic mass is 9.97. The van der Waals surface area contributed by atoms with Crippen LogP contribution in [0.15, 0.2) is 89.8 Å². The van der Waals surface area contributed by atoms with E-state index in [0.717, 1.165) is 22.3 Å². The number of sulfonamides is 1. The molecule has 160 valence electrons. The topological polar surface area (TPSA) is 98.5 Å². The summed E-state index contributed by atoms with van der Waals surface area (Å²) in [6.45, 7) is 0.336. The number of ether oxygens (including phenoxy) is 1. The molecule has 0 saturated carbocycles. The molecule has 0 atom stereocenters. The highest BCUT2D eigenvalue weighted by atomic mass is 32.2. The molecular formula is C24H24N2O4S. The Balaban J connectivity index is 1.73. The lowest BCUT2D eigenvalue weighted by molar-refractivity contribution is -0.116. The smallest absolute Gasteiger partial charge is 0.244 e. The van der Waals surface area contributed by atoms with Gasteiger partial charge in [0.1, 0.15) is 10.6 Å². The lowest BCUT2D eigenvalue weighted by Gasteiger charge is -2.10. The second kappa shape index (κ2) is 10.1. The Kier molecular flexibility index (Phi) is 7.23. The van der Waals surface area contributed by atoms with Gasteiger partial charge in [0.15, 0.2) is 0 Å². The number of primary sulfonamides is 1. The summed E-state index contributed by atoms with van der Waals surface area (Å²) in [6, 6.07) is 24.2. The van der Waals surface area contributed by atoms with Crippen LogP contribution in [0.4, 0.5) is 0 Å². The Labute approximate surface area is 182 Å². The van der Waals surface area contributed by atoms with Gasteiger partial charge in [-0.3, -0.25) is 4.79 Å². The summed E-state index contributed by atoms with van der Waals surface area (Å²) >= 11 is 0. The highest BCUT2D eigenvalue weighted by Gasteiger charge is 2.15. The molecule has 3 N–H and O–H groups in total. The molecule has 0 radical (unpaired) electrons. The first-order valence-corrected chi connectivity index (χ1v) is 11.2. The SMILES string of the molecule is COc1ccc(CCNC(=O)C=C(c2ccccc2)c2ccccc2)cc1S(N)(=O)=O. The highest BCUT2D eigenvalue weighted by Crippen LogP contribution is 2.24. The fourth-order valence-electron chi connectivity index (χ4n) is 3.18. The second-order valence-electron chi connectivity index (χ2n) is 6.86. The van der Waals surface area contributed by atoms with Crippen LogP contribution in [0.25, 0.3) is 5.57 Å². The molecular weight excluding hydrogens is 412 g/mol. The van der Waals surface area contributed by atoms with Crippen LogP contribution in [0.3, 0.4) is 0 Å². The van der Waals surface area contributed by atoms with Crippen LogP contribution in [-0.4, -0.2) is 28.0 Å². The molecule has 0 aromatic heterocycles. The van der Waals surface area contributed by atoms with Crippen molar-refractivity contribution in [2.45, 2.75) is 11.3 Å². The van der Waals surface area contributed by atoms with Gasteiger partial charge in [-0.25, -0.2) is 13.6 Å². The normalized spacial score (nSPS) is 10.9. The molecule has 0 unspecified atom stereocenters. The highest BCUT2D eigenvalue weighted by molar-refractivity contribution is 7.89. The average Bonchev–Trinajstić information content (AvgIpc) is 2.78. The van der Waals surface area contributed by atoms with E-state index in [1.807, 2.05) is 60.7 Å². The maximum Gasteiger partial charge on any atom is 0.244 e. The minimum atomic E-state index is -3.91. The van der Waals surface area contributed by atoms with E-state index in [0.29, 0.717) is 13.0 Å². The number of hydrogen-bond donors (Lipinski definition) is 2. The van der Waals surface area contributed by atoms with Crippen molar-refractivity contribution in [3.63, 3.8) is 0 Å². The molecule has 0 saturated heterocycles. The number of carbonyl (C=O) groups is 1. The van der Waals surface area contributed by atoms with E-state index in [1.54, 1.807) is 18.2 Å². The molecule has 3 aromatic rings. The minimum absolute atomic E-state index is 0.0748. The van der Waals surface area contributed by atoms with E-state index < -0.39 is 10.0 Å². The van der Waals surface area contributed by atoms with Crippen molar-refractivity contribution >= 4 is 21.5 Å². The third-order valence-corrected chi connectivity index (χ3v) is 5.62. The fourth-order valence-corrected chi connectivity index (χ4v) is 3.93. The molecule has 6 nitrogen and oxygen atoms in total. The zero-order chi connectivity index (χ0) is 22.3. The maximum atomic E-state index is 12.6. The monoisotopic (exact) mass is 436 g/mol. The van der Waals surface area contributed by atoms with Gasteiger partial charge in [0.2, 0.25) is 15.9 Å².